The summed E-state index contributed by atoms with van der Waals surface area (Å²) in [7, 11) is 0. The van der Waals surface area contributed by atoms with Crippen molar-refractivity contribution in [3.63, 3.8) is 0 Å². The Labute approximate surface area is 172 Å². The number of nitrogens with one attached hydrogen (secondary N) is 1. The van der Waals surface area contributed by atoms with Crippen molar-refractivity contribution in [3.8, 4) is 11.1 Å². The van der Waals surface area contributed by atoms with Crippen molar-refractivity contribution in [1.29, 1.82) is 0 Å². The summed E-state index contributed by atoms with van der Waals surface area (Å²) in [5, 5.41) is 7.25. The summed E-state index contributed by atoms with van der Waals surface area (Å²) in [6.45, 7) is 0. The number of hydrogen-bond acceptors (Lipinski definition) is 1. The number of rotatable bonds is 1. The van der Waals surface area contributed by atoms with Crippen LogP contribution >= 0.6 is 0 Å². The predicted molar refractivity (Wildman–Crippen MR) is 126 cm³/mol. The fourth-order valence-corrected chi connectivity index (χ4v) is 4.84. The van der Waals surface area contributed by atoms with Gasteiger partial charge >= 0.3 is 0 Å². The van der Waals surface area contributed by atoms with Crippen LogP contribution in [0.3, 0.4) is 0 Å². The third kappa shape index (κ3) is 2.03. The number of H-pyrrole nitrogens is 1. The van der Waals surface area contributed by atoms with Gasteiger partial charge in [-0.25, -0.2) is 0 Å². The molecule has 0 aliphatic carbocycles. The van der Waals surface area contributed by atoms with Crippen molar-refractivity contribution in [2.24, 2.45) is 0 Å². The lowest BCUT2D eigenvalue weighted by Gasteiger charge is -2.06. The first-order valence-corrected chi connectivity index (χ1v) is 10.2. The topological polar surface area (TPSA) is 28.9 Å². The SMILES string of the molecule is c1ccc(-c2ccc3oc4c([nH]c5c6ccccc6c6ccccc6c54)c3c2)cc1. The number of fused-ring (bicyclic) bond motifs is 10. The van der Waals surface area contributed by atoms with Crippen LogP contribution in [-0.2, 0) is 0 Å². The van der Waals surface area contributed by atoms with Crippen molar-refractivity contribution in [3.05, 3.63) is 97.1 Å². The van der Waals surface area contributed by atoms with E-state index in [0.717, 1.165) is 33.0 Å². The van der Waals surface area contributed by atoms with E-state index in [1.165, 1.54) is 32.7 Å². The number of aromatic amines is 1. The second-order valence-electron chi connectivity index (χ2n) is 7.85. The maximum atomic E-state index is 6.42. The maximum Gasteiger partial charge on any atom is 0.161 e. The van der Waals surface area contributed by atoms with Crippen molar-refractivity contribution in [2.75, 3.05) is 0 Å². The molecule has 140 valence electrons. The van der Waals surface area contributed by atoms with Crippen LogP contribution < -0.4 is 0 Å². The highest BCUT2D eigenvalue weighted by Gasteiger charge is 2.18. The van der Waals surface area contributed by atoms with Crippen LogP contribution in [0.15, 0.2) is 101 Å². The lowest BCUT2D eigenvalue weighted by Crippen LogP contribution is -1.81. The Morgan fingerprint density at radius 1 is 0.500 bits per heavy atom. The van der Waals surface area contributed by atoms with E-state index >= 15 is 0 Å². The monoisotopic (exact) mass is 383 g/mol. The molecule has 30 heavy (non-hydrogen) atoms. The molecule has 0 bridgehead atoms. The molecule has 1 N–H and O–H groups in total. The summed E-state index contributed by atoms with van der Waals surface area (Å²) in [5.74, 6) is 0. The molecule has 0 amide bonds. The summed E-state index contributed by atoms with van der Waals surface area (Å²) in [6.07, 6.45) is 0. The Bertz CT molecular complexity index is 1740. The van der Waals surface area contributed by atoms with Gasteiger partial charge in [0.1, 0.15) is 5.58 Å². The van der Waals surface area contributed by atoms with E-state index in [0.29, 0.717) is 0 Å². The van der Waals surface area contributed by atoms with Crippen molar-refractivity contribution < 1.29 is 4.42 Å². The van der Waals surface area contributed by atoms with Gasteiger partial charge in [0.05, 0.1) is 16.4 Å². The first-order chi connectivity index (χ1) is 14.9. The van der Waals surface area contributed by atoms with E-state index in [4.69, 9.17) is 4.42 Å². The molecule has 2 heteroatoms. The molecule has 5 aromatic carbocycles. The highest BCUT2D eigenvalue weighted by Crippen LogP contribution is 2.42. The van der Waals surface area contributed by atoms with Gasteiger partial charge in [-0.2, -0.15) is 0 Å². The molecule has 2 heterocycles. The molecule has 0 saturated heterocycles. The third-order valence-electron chi connectivity index (χ3n) is 6.21. The fourth-order valence-electron chi connectivity index (χ4n) is 4.84. The quantitative estimate of drug-likeness (QED) is 0.286. The predicted octanol–water partition coefficient (Wildman–Crippen LogP) is 8.04. The van der Waals surface area contributed by atoms with Gasteiger partial charge in [-0.1, -0.05) is 84.9 Å². The van der Waals surface area contributed by atoms with Crippen LogP contribution in [-0.4, -0.2) is 4.98 Å². The van der Waals surface area contributed by atoms with Crippen molar-refractivity contribution >= 4 is 54.5 Å². The van der Waals surface area contributed by atoms with Crippen molar-refractivity contribution in [2.45, 2.75) is 0 Å². The average molecular weight is 383 g/mol. The molecule has 0 radical (unpaired) electrons. The third-order valence-corrected chi connectivity index (χ3v) is 6.21. The minimum atomic E-state index is 0.912. The van der Waals surface area contributed by atoms with Crippen molar-refractivity contribution in [1.82, 2.24) is 4.98 Å². The van der Waals surface area contributed by atoms with Gasteiger partial charge in [0.15, 0.2) is 5.58 Å². The molecule has 0 aliphatic heterocycles. The summed E-state index contributed by atoms with van der Waals surface area (Å²) in [5.41, 5.74) is 6.46. The fraction of sp³-hybridized carbons (Fsp3) is 0. The molecule has 0 aliphatic rings. The molecule has 7 rings (SSSR count). The molecular formula is C28H17NO. The standard InChI is InChI=1S/C28H17NO/c1-2-8-17(9-3-1)18-14-15-24-23(16-18)27-28(30-24)25-21-12-6-4-10-19(21)20-11-5-7-13-22(20)26(25)29-27/h1-16,29H. The van der Waals surface area contributed by atoms with Crippen LogP contribution in [0.1, 0.15) is 0 Å². The number of aromatic nitrogens is 1. The highest BCUT2D eigenvalue weighted by atomic mass is 16.3. The van der Waals surface area contributed by atoms with Gasteiger partial charge in [-0.05, 0) is 39.4 Å². The van der Waals surface area contributed by atoms with E-state index in [9.17, 15) is 0 Å². The molecule has 0 unspecified atom stereocenters. The van der Waals surface area contributed by atoms with Gasteiger partial charge < -0.3 is 9.40 Å². The Kier molecular flexibility index (Phi) is 3.03. The normalized spacial score (nSPS) is 12.0. The molecule has 0 atom stereocenters. The van der Waals surface area contributed by atoms with E-state index in [1.807, 2.05) is 6.07 Å². The van der Waals surface area contributed by atoms with Gasteiger partial charge in [-0.15, -0.1) is 0 Å². The summed E-state index contributed by atoms with van der Waals surface area (Å²) in [4.78, 5) is 3.72. The van der Waals surface area contributed by atoms with E-state index in [-0.39, 0.29) is 0 Å². The zero-order chi connectivity index (χ0) is 19.7. The molecule has 2 nitrogen and oxygen atoms in total. The maximum absolute atomic E-state index is 6.42. The molecule has 0 spiro atoms. The minimum absolute atomic E-state index is 0.912. The molecule has 0 fully saturated rings. The van der Waals surface area contributed by atoms with Gasteiger partial charge in [0.2, 0.25) is 0 Å². The summed E-state index contributed by atoms with van der Waals surface area (Å²) >= 11 is 0. The smallest absolute Gasteiger partial charge is 0.161 e. The second kappa shape index (κ2) is 5.74. The van der Waals surface area contributed by atoms with Gasteiger partial charge in [0, 0.05) is 10.8 Å². The van der Waals surface area contributed by atoms with E-state index < -0.39 is 0 Å². The van der Waals surface area contributed by atoms with Gasteiger partial charge in [0.25, 0.3) is 0 Å². The van der Waals surface area contributed by atoms with E-state index in [2.05, 4.69) is 96.0 Å². The summed E-state index contributed by atoms with van der Waals surface area (Å²) < 4.78 is 6.42. The minimum Gasteiger partial charge on any atom is -0.454 e. The summed E-state index contributed by atoms with van der Waals surface area (Å²) in [6, 6.07) is 34.1. The van der Waals surface area contributed by atoms with Gasteiger partial charge in [-0.3, -0.25) is 0 Å². The number of hydrogen-bond donors (Lipinski definition) is 1. The zero-order valence-corrected chi connectivity index (χ0v) is 16.1. The lowest BCUT2D eigenvalue weighted by molar-refractivity contribution is 0.673. The lowest BCUT2D eigenvalue weighted by atomic mass is 9.98. The van der Waals surface area contributed by atoms with Crippen LogP contribution in [0, 0.1) is 0 Å². The van der Waals surface area contributed by atoms with Crippen LogP contribution in [0.2, 0.25) is 0 Å². The zero-order valence-electron chi connectivity index (χ0n) is 16.1. The Morgan fingerprint density at radius 2 is 1.17 bits per heavy atom. The highest BCUT2D eigenvalue weighted by molar-refractivity contribution is 6.32. The first kappa shape index (κ1) is 15.8. The first-order valence-electron chi connectivity index (χ1n) is 10.2. The second-order valence-corrected chi connectivity index (χ2v) is 7.85. The molecular weight excluding hydrogens is 366 g/mol. The average Bonchev–Trinajstić information content (AvgIpc) is 3.36. The van der Waals surface area contributed by atoms with Crippen LogP contribution in [0.25, 0.3) is 65.6 Å². The van der Waals surface area contributed by atoms with Crippen LogP contribution in [0.5, 0.6) is 0 Å². The molecule has 7 aromatic rings. The van der Waals surface area contributed by atoms with E-state index in [1.54, 1.807) is 0 Å². The number of benzene rings is 5. The molecule has 0 saturated carbocycles. The Hall–Kier alpha value is -4.04. The van der Waals surface area contributed by atoms with Crippen LogP contribution in [0.4, 0.5) is 0 Å². The molecule has 2 aromatic heterocycles. The Morgan fingerprint density at radius 3 is 1.97 bits per heavy atom. The largest absolute Gasteiger partial charge is 0.454 e. The Balaban J connectivity index is 1.67. The number of furan rings is 1.